The number of hydrogen-bond donors (Lipinski definition) is 3. The molecule has 0 radical (unpaired) electrons. The Kier molecular flexibility index (Phi) is 8.87. The van der Waals surface area contributed by atoms with Crippen molar-refractivity contribution in [3.63, 3.8) is 0 Å². The van der Waals surface area contributed by atoms with Gasteiger partial charge in [0.15, 0.2) is 11.8 Å². The molecular formula is C17H32N6O3. The van der Waals surface area contributed by atoms with Gasteiger partial charge in [-0.25, -0.2) is 4.79 Å². The third-order valence-corrected chi connectivity index (χ3v) is 3.34. The second-order valence-electron chi connectivity index (χ2n) is 7.03. The van der Waals surface area contributed by atoms with Gasteiger partial charge in [-0.3, -0.25) is 4.99 Å². The van der Waals surface area contributed by atoms with Gasteiger partial charge in [-0.15, -0.1) is 0 Å². The molecule has 0 aliphatic heterocycles. The molecule has 0 fully saturated rings. The molecule has 1 heterocycles. The van der Waals surface area contributed by atoms with E-state index in [4.69, 9.17) is 9.26 Å². The van der Waals surface area contributed by atoms with Crippen LogP contribution < -0.4 is 16.0 Å². The summed E-state index contributed by atoms with van der Waals surface area (Å²) in [6.07, 6.45) is 2.57. The highest BCUT2D eigenvalue weighted by Crippen LogP contribution is 2.07. The maximum absolute atomic E-state index is 11.9. The molecular weight excluding hydrogens is 336 g/mol. The van der Waals surface area contributed by atoms with Crippen LogP contribution >= 0.6 is 0 Å². The SMILES string of the molecule is CCCCC(CNC(=O)OC(C)(C)C)NC(=NC)NCc1nc(C)no1. The summed E-state index contributed by atoms with van der Waals surface area (Å²) >= 11 is 0. The number of carbonyl (C=O) groups excluding carboxylic acids is 1. The molecule has 0 aliphatic carbocycles. The highest BCUT2D eigenvalue weighted by atomic mass is 16.6. The molecule has 0 saturated carbocycles. The predicted molar refractivity (Wildman–Crippen MR) is 99.9 cm³/mol. The summed E-state index contributed by atoms with van der Waals surface area (Å²) in [5.74, 6) is 1.68. The number of unbranched alkanes of at least 4 members (excludes halogenated alkanes) is 1. The standard InChI is InChI=1S/C17H32N6O3/c1-7-8-9-13(10-20-16(24)25-17(3,4)5)22-15(18-6)19-11-14-21-12(2)23-26-14/h13H,7-11H2,1-6H3,(H,20,24)(H2,18,19,22). The lowest BCUT2D eigenvalue weighted by Crippen LogP contribution is -2.48. The van der Waals surface area contributed by atoms with Crippen LogP contribution in [-0.2, 0) is 11.3 Å². The van der Waals surface area contributed by atoms with E-state index in [0.29, 0.717) is 30.8 Å². The van der Waals surface area contributed by atoms with Gasteiger partial charge in [0, 0.05) is 19.6 Å². The molecule has 0 saturated heterocycles. The number of guanidine groups is 1. The molecule has 26 heavy (non-hydrogen) atoms. The maximum Gasteiger partial charge on any atom is 0.407 e. The number of alkyl carbamates (subject to hydrolysis) is 1. The summed E-state index contributed by atoms with van der Waals surface area (Å²) in [4.78, 5) is 20.2. The van der Waals surface area contributed by atoms with Crippen molar-refractivity contribution in [1.29, 1.82) is 0 Å². The molecule has 1 aromatic heterocycles. The molecule has 1 aromatic rings. The molecule has 9 heteroatoms. The van der Waals surface area contributed by atoms with Gasteiger partial charge in [0.2, 0.25) is 5.89 Å². The summed E-state index contributed by atoms with van der Waals surface area (Å²) in [6, 6.07) is 0.0260. The van der Waals surface area contributed by atoms with E-state index >= 15 is 0 Å². The Balaban J connectivity index is 2.53. The number of ether oxygens (including phenoxy) is 1. The van der Waals surface area contributed by atoms with Gasteiger partial charge in [0.1, 0.15) is 5.60 Å². The smallest absolute Gasteiger partial charge is 0.407 e. The summed E-state index contributed by atoms with van der Waals surface area (Å²) in [5.41, 5.74) is -0.518. The molecule has 3 N–H and O–H groups in total. The minimum absolute atomic E-state index is 0.0260. The fraction of sp³-hybridized carbons (Fsp3) is 0.765. The fourth-order valence-corrected chi connectivity index (χ4v) is 2.16. The van der Waals surface area contributed by atoms with Gasteiger partial charge in [0.05, 0.1) is 6.54 Å². The molecule has 1 atom stereocenters. The molecule has 1 amide bonds. The first-order chi connectivity index (χ1) is 12.2. The van der Waals surface area contributed by atoms with Crippen LogP contribution in [0.4, 0.5) is 4.79 Å². The third kappa shape index (κ3) is 9.24. The largest absolute Gasteiger partial charge is 0.444 e. The first-order valence-corrected chi connectivity index (χ1v) is 8.96. The van der Waals surface area contributed by atoms with E-state index < -0.39 is 11.7 Å². The number of carbonyl (C=O) groups is 1. The van der Waals surface area contributed by atoms with Crippen LogP contribution in [0.2, 0.25) is 0 Å². The Bertz CT molecular complexity index is 579. The van der Waals surface area contributed by atoms with Crippen LogP contribution in [0.1, 0.15) is 58.7 Å². The average molecular weight is 368 g/mol. The predicted octanol–water partition coefficient (Wildman–Crippen LogP) is 2.13. The van der Waals surface area contributed by atoms with E-state index in [1.54, 1.807) is 14.0 Å². The van der Waals surface area contributed by atoms with Crippen molar-refractivity contribution in [1.82, 2.24) is 26.1 Å². The van der Waals surface area contributed by atoms with E-state index in [2.05, 4.69) is 38.0 Å². The molecule has 0 aromatic carbocycles. The third-order valence-electron chi connectivity index (χ3n) is 3.34. The number of hydrogen-bond acceptors (Lipinski definition) is 6. The van der Waals surface area contributed by atoms with Crippen molar-refractivity contribution in [3.8, 4) is 0 Å². The Morgan fingerprint density at radius 1 is 1.35 bits per heavy atom. The molecule has 0 aliphatic rings. The van der Waals surface area contributed by atoms with Crippen molar-refractivity contribution < 1.29 is 14.1 Å². The molecule has 0 bridgehead atoms. The lowest BCUT2D eigenvalue weighted by atomic mass is 10.1. The van der Waals surface area contributed by atoms with Gasteiger partial charge in [-0.05, 0) is 34.1 Å². The maximum atomic E-state index is 11.9. The second-order valence-corrected chi connectivity index (χ2v) is 7.03. The van der Waals surface area contributed by atoms with E-state index in [1.807, 2.05) is 20.8 Å². The van der Waals surface area contributed by atoms with Gasteiger partial charge < -0.3 is 25.2 Å². The highest BCUT2D eigenvalue weighted by molar-refractivity contribution is 5.80. The van der Waals surface area contributed by atoms with Crippen molar-refractivity contribution in [2.45, 2.75) is 72.1 Å². The van der Waals surface area contributed by atoms with Crippen LogP contribution in [0.25, 0.3) is 0 Å². The van der Waals surface area contributed by atoms with Crippen molar-refractivity contribution in [2.75, 3.05) is 13.6 Å². The monoisotopic (exact) mass is 368 g/mol. The second kappa shape index (κ2) is 10.6. The van der Waals surface area contributed by atoms with Crippen molar-refractivity contribution in [3.05, 3.63) is 11.7 Å². The van der Waals surface area contributed by atoms with Crippen molar-refractivity contribution in [2.24, 2.45) is 4.99 Å². The number of aliphatic imine (C=N–C) groups is 1. The molecule has 0 spiro atoms. The number of amides is 1. The molecule has 148 valence electrons. The number of nitrogens with one attached hydrogen (secondary N) is 3. The lowest BCUT2D eigenvalue weighted by Gasteiger charge is -2.24. The van der Waals surface area contributed by atoms with Gasteiger partial charge >= 0.3 is 6.09 Å². The lowest BCUT2D eigenvalue weighted by molar-refractivity contribution is 0.0523. The number of rotatable bonds is 8. The minimum atomic E-state index is -0.518. The van der Waals surface area contributed by atoms with Crippen LogP contribution in [-0.4, -0.2) is 47.4 Å². The Labute approximate surface area is 155 Å². The number of nitrogens with zero attached hydrogens (tertiary/aromatic N) is 3. The average Bonchev–Trinajstić information content (AvgIpc) is 2.97. The van der Waals surface area contributed by atoms with E-state index in [1.165, 1.54) is 0 Å². The molecule has 1 unspecified atom stereocenters. The first kappa shape index (κ1) is 21.7. The summed E-state index contributed by atoms with van der Waals surface area (Å²) in [6.45, 7) is 10.2. The fourth-order valence-electron chi connectivity index (χ4n) is 2.16. The number of aromatic nitrogens is 2. The van der Waals surface area contributed by atoms with Gasteiger partial charge in [-0.1, -0.05) is 24.9 Å². The zero-order chi connectivity index (χ0) is 19.6. The highest BCUT2D eigenvalue weighted by Gasteiger charge is 2.18. The van der Waals surface area contributed by atoms with E-state index in [0.717, 1.165) is 19.3 Å². The topological polar surface area (TPSA) is 114 Å². The van der Waals surface area contributed by atoms with Crippen LogP contribution in [0.15, 0.2) is 9.52 Å². The minimum Gasteiger partial charge on any atom is -0.444 e. The Hall–Kier alpha value is -2.32. The Morgan fingerprint density at radius 2 is 2.08 bits per heavy atom. The summed E-state index contributed by atoms with van der Waals surface area (Å²) in [5, 5.41) is 13.0. The molecule has 9 nitrogen and oxygen atoms in total. The quantitative estimate of drug-likeness (QED) is 0.476. The van der Waals surface area contributed by atoms with Crippen LogP contribution in [0.3, 0.4) is 0 Å². The van der Waals surface area contributed by atoms with Gasteiger partial charge in [0.25, 0.3) is 0 Å². The molecule has 1 rings (SSSR count). The zero-order valence-electron chi connectivity index (χ0n) is 16.7. The summed E-state index contributed by atoms with van der Waals surface area (Å²) in [7, 11) is 1.69. The van der Waals surface area contributed by atoms with Crippen LogP contribution in [0.5, 0.6) is 0 Å². The van der Waals surface area contributed by atoms with Crippen LogP contribution in [0, 0.1) is 6.92 Å². The zero-order valence-corrected chi connectivity index (χ0v) is 16.7. The first-order valence-electron chi connectivity index (χ1n) is 8.96. The summed E-state index contributed by atoms with van der Waals surface area (Å²) < 4.78 is 10.4. The van der Waals surface area contributed by atoms with E-state index in [-0.39, 0.29) is 6.04 Å². The Morgan fingerprint density at radius 3 is 2.62 bits per heavy atom. The van der Waals surface area contributed by atoms with Crippen molar-refractivity contribution >= 4 is 12.1 Å². The van der Waals surface area contributed by atoms with Gasteiger partial charge in [-0.2, -0.15) is 4.98 Å². The normalized spacial score (nSPS) is 13.2. The van der Waals surface area contributed by atoms with E-state index in [9.17, 15) is 4.79 Å². The number of aryl methyl sites for hydroxylation is 1.